The highest BCUT2D eigenvalue weighted by Crippen LogP contribution is 2.33. The predicted molar refractivity (Wildman–Crippen MR) is 99.4 cm³/mol. The van der Waals surface area contributed by atoms with E-state index >= 15 is 0 Å². The lowest BCUT2D eigenvalue weighted by Gasteiger charge is -2.01. The molecule has 1 aromatic heterocycles. The van der Waals surface area contributed by atoms with E-state index in [1.165, 1.54) is 0 Å². The van der Waals surface area contributed by atoms with E-state index in [9.17, 15) is 9.59 Å². The van der Waals surface area contributed by atoms with Crippen molar-refractivity contribution >= 4 is 23.9 Å². The number of esters is 2. The van der Waals surface area contributed by atoms with Crippen molar-refractivity contribution in [2.45, 2.75) is 20.8 Å². The van der Waals surface area contributed by atoms with Crippen LogP contribution in [0, 0.1) is 13.8 Å². The standard InChI is InChI=1S/C20H18N2O6/c1-4-25-20(24)17-10(2)13(21-11(17)3)8-14-19(23)28-18(22-14)12-5-6-15-16(7-12)27-9-26-15/h5-8,21H,4,9H2,1-3H3/b14-8-. The third kappa shape index (κ3) is 3.02. The number of aliphatic imine (C=N–C) groups is 1. The van der Waals surface area contributed by atoms with Gasteiger partial charge in [-0.1, -0.05) is 0 Å². The number of aryl methyl sites for hydroxylation is 1. The Bertz CT molecular complexity index is 1050. The molecule has 0 saturated heterocycles. The minimum absolute atomic E-state index is 0.132. The number of hydrogen-bond donors (Lipinski definition) is 1. The maximum Gasteiger partial charge on any atom is 0.363 e. The van der Waals surface area contributed by atoms with Gasteiger partial charge in [0.15, 0.2) is 17.2 Å². The van der Waals surface area contributed by atoms with Crippen molar-refractivity contribution in [1.82, 2.24) is 4.98 Å². The van der Waals surface area contributed by atoms with Gasteiger partial charge < -0.3 is 23.9 Å². The van der Waals surface area contributed by atoms with Crippen LogP contribution in [0.3, 0.4) is 0 Å². The lowest BCUT2D eigenvalue weighted by Crippen LogP contribution is -2.06. The van der Waals surface area contributed by atoms with Crippen molar-refractivity contribution in [2.75, 3.05) is 13.4 Å². The van der Waals surface area contributed by atoms with Crippen LogP contribution in [0.2, 0.25) is 0 Å². The summed E-state index contributed by atoms with van der Waals surface area (Å²) in [6.45, 7) is 5.75. The minimum atomic E-state index is -0.572. The van der Waals surface area contributed by atoms with Gasteiger partial charge in [0, 0.05) is 17.0 Å². The zero-order valence-corrected chi connectivity index (χ0v) is 15.6. The molecule has 8 nitrogen and oxygen atoms in total. The largest absolute Gasteiger partial charge is 0.462 e. The van der Waals surface area contributed by atoms with Gasteiger partial charge in [-0.25, -0.2) is 14.6 Å². The van der Waals surface area contributed by atoms with Crippen molar-refractivity contribution in [2.24, 2.45) is 4.99 Å². The summed E-state index contributed by atoms with van der Waals surface area (Å²) < 4.78 is 21.0. The average molecular weight is 382 g/mol. The number of hydrogen-bond acceptors (Lipinski definition) is 7. The SMILES string of the molecule is CCOC(=O)c1c(C)[nH]c(/C=C2\N=C(c3ccc4c(c3)OCO4)OC2=O)c1C. The molecule has 4 rings (SSSR count). The summed E-state index contributed by atoms with van der Waals surface area (Å²) in [6, 6.07) is 5.19. The van der Waals surface area contributed by atoms with E-state index in [2.05, 4.69) is 9.98 Å². The molecule has 144 valence electrons. The second-order valence-corrected chi connectivity index (χ2v) is 6.29. The molecule has 2 aliphatic heterocycles. The molecule has 0 spiro atoms. The summed E-state index contributed by atoms with van der Waals surface area (Å²) in [5, 5.41) is 0. The molecule has 0 saturated carbocycles. The Hall–Kier alpha value is -3.55. The fourth-order valence-corrected chi connectivity index (χ4v) is 3.13. The summed E-state index contributed by atoms with van der Waals surface area (Å²) >= 11 is 0. The number of ether oxygens (including phenoxy) is 4. The number of fused-ring (bicyclic) bond motifs is 1. The molecule has 3 heterocycles. The van der Waals surface area contributed by atoms with Gasteiger partial charge in [-0.05, 0) is 50.6 Å². The van der Waals surface area contributed by atoms with Crippen LogP contribution in [0.1, 0.15) is 39.8 Å². The number of nitrogens with one attached hydrogen (secondary N) is 1. The van der Waals surface area contributed by atoms with Crippen molar-refractivity contribution in [3.05, 3.63) is 52.0 Å². The number of cyclic esters (lactones) is 1. The van der Waals surface area contributed by atoms with Crippen molar-refractivity contribution in [1.29, 1.82) is 0 Å². The van der Waals surface area contributed by atoms with Crippen LogP contribution in [-0.2, 0) is 14.3 Å². The second kappa shape index (κ2) is 6.88. The van der Waals surface area contributed by atoms with E-state index in [1.54, 1.807) is 45.0 Å². The van der Waals surface area contributed by atoms with Crippen LogP contribution in [0.15, 0.2) is 28.9 Å². The van der Waals surface area contributed by atoms with E-state index in [0.29, 0.717) is 39.6 Å². The summed E-state index contributed by atoms with van der Waals surface area (Å²) in [5.41, 5.74) is 3.14. The van der Waals surface area contributed by atoms with Gasteiger partial charge >= 0.3 is 11.9 Å². The first-order chi connectivity index (χ1) is 13.5. The number of H-pyrrole nitrogens is 1. The molecule has 0 bridgehead atoms. The van der Waals surface area contributed by atoms with Crippen LogP contribution >= 0.6 is 0 Å². The summed E-state index contributed by atoms with van der Waals surface area (Å²) in [4.78, 5) is 31.8. The first kappa shape index (κ1) is 17.8. The van der Waals surface area contributed by atoms with Crippen molar-refractivity contribution in [3.63, 3.8) is 0 Å². The van der Waals surface area contributed by atoms with Gasteiger partial charge in [-0.3, -0.25) is 0 Å². The van der Waals surface area contributed by atoms with Gasteiger partial charge in [-0.2, -0.15) is 0 Å². The van der Waals surface area contributed by atoms with Gasteiger partial charge in [0.05, 0.1) is 12.2 Å². The summed E-state index contributed by atoms with van der Waals surface area (Å²) in [5.74, 6) is 0.409. The first-order valence-corrected chi connectivity index (χ1v) is 8.76. The van der Waals surface area contributed by atoms with Crippen LogP contribution in [0.4, 0.5) is 0 Å². The zero-order chi connectivity index (χ0) is 19.8. The quantitative estimate of drug-likeness (QED) is 0.645. The number of benzene rings is 1. The summed E-state index contributed by atoms with van der Waals surface area (Å²) in [7, 11) is 0. The predicted octanol–water partition coefficient (Wildman–Crippen LogP) is 2.88. The van der Waals surface area contributed by atoms with Crippen LogP contribution in [-0.4, -0.2) is 36.2 Å². The monoisotopic (exact) mass is 382 g/mol. The molecule has 2 aromatic rings. The Morgan fingerprint density at radius 2 is 2.07 bits per heavy atom. The van der Waals surface area contributed by atoms with Gasteiger partial charge in [0.2, 0.25) is 12.7 Å². The molecule has 28 heavy (non-hydrogen) atoms. The van der Waals surface area contributed by atoms with E-state index in [0.717, 1.165) is 0 Å². The number of aromatic nitrogens is 1. The molecule has 1 N–H and O–H groups in total. The summed E-state index contributed by atoms with van der Waals surface area (Å²) in [6.07, 6.45) is 1.56. The van der Waals surface area contributed by atoms with E-state index < -0.39 is 11.9 Å². The third-order valence-corrected chi connectivity index (χ3v) is 4.48. The molecular weight excluding hydrogens is 364 g/mol. The van der Waals surface area contributed by atoms with Gasteiger partial charge in [0.1, 0.15) is 0 Å². The highest BCUT2D eigenvalue weighted by Gasteiger charge is 2.27. The zero-order valence-electron chi connectivity index (χ0n) is 15.6. The van der Waals surface area contributed by atoms with E-state index in [4.69, 9.17) is 18.9 Å². The molecular formula is C20H18N2O6. The normalized spacial score (nSPS) is 16.3. The Balaban J connectivity index is 1.66. The number of aromatic amines is 1. The van der Waals surface area contributed by atoms with Crippen LogP contribution < -0.4 is 9.47 Å². The molecule has 0 amide bonds. The fourth-order valence-electron chi connectivity index (χ4n) is 3.13. The van der Waals surface area contributed by atoms with E-state index in [1.807, 2.05) is 0 Å². The Kier molecular flexibility index (Phi) is 4.38. The Morgan fingerprint density at radius 3 is 2.86 bits per heavy atom. The van der Waals surface area contributed by atoms with Gasteiger partial charge in [0.25, 0.3) is 0 Å². The molecule has 1 aromatic carbocycles. The molecule has 8 heteroatoms. The Labute approximate surface area is 160 Å². The van der Waals surface area contributed by atoms with Gasteiger partial charge in [-0.15, -0.1) is 0 Å². The molecule has 0 atom stereocenters. The topological polar surface area (TPSA) is 99.2 Å². The molecule has 0 radical (unpaired) electrons. The average Bonchev–Trinajstić information content (AvgIpc) is 3.34. The number of nitrogens with zero attached hydrogens (tertiary/aromatic N) is 1. The maximum absolute atomic E-state index is 12.3. The number of carbonyl (C=O) groups is 2. The van der Waals surface area contributed by atoms with Crippen LogP contribution in [0.25, 0.3) is 6.08 Å². The molecule has 0 fully saturated rings. The third-order valence-electron chi connectivity index (χ3n) is 4.48. The Morgan fingerprint density at radius 1 is 1.29 bits per heavy atom. The molecule has 2 aliphatic rings. The van der Waals surface area contributed by atoms with Crippen LogP contribution in [0.5, 0.6) is 11.5 Å². The second-order valence-electron chi connectivity index (χ2n) is 6.29. The lowest BCUT2D eigenvalue weighted by molar-refractivity contribution is -0.129. The number of rotatable bonds is 4. The number of carbonyl (C=O) groups excluding carboxylic acids is 2. The highest BCUT2D eigenvalue weighted by atomic mass is 16.7. The maximum atomic E-state index is 12.3. The smallest absolute Gasteiger partial charge is 0.363 e. The fraction of sp³-hybridized carbons (Fsp3) is 0.250. The van der Waals surface area contributed by atoms with E-state index in [-0.39, 0.29) is 25.0 Å². The molecule has 0 aliphatic carbocycles. The lowest BCUT2D eigenvalue weighted by atomic mass is 10.1. The highest BCUT2D eigenvalue weighted by molar-refractivity contribution is 6.13. The minimum Gasteiger partial charge on any atom is -0.462 e. The first-order valence-electron chi connectivity index (χ1n) is 8.76. The van der Waals surface area contributed by atoms with Crippen molar-refractivity contribution in [3.8, 4) is 11.5 Å². The van der Waals surface area contributed by atoms with Crippen molar-refractivity contribution < 1.29 is 28.5 Å². The molecule has 0 unspecified atom stereocenters.